The highest BCUT2D eigenvalue weighted by Gasteiger charge is 2.30. The van der Waals surface area contributed by atoms with Gasteiger partial charge in [-0.3, -0.25) is 19.3 Å². The average Bonchev–Trinajstić information content (AvgIpc) is 3.21. The van der Waals surface area contributed by atoms with Crippen LogP contribution in [0.4, 0.5) is 5.00 Å². The van der Waals surface area contributed by atoms with Gasteiger partial charge in [0.25, 0.3) is 5.91 Å². The first-order valence-electron chi connectivity index (χ1n) is 9.51. The lowest BCUT2D eigenvalue weighted by Crippen LogP contribution is -2.47. The Balaban J connectivity index is 1.55. The molecule has 1 unspecified atom stereocenters. The van der Waals surface area contributed by atoms with Crippen LogP contribution in [0.2, 0.25) is 0 Å². The van der Waals surface area contributed by atoms with Crippen LogP contribution in [0.5, 0.6) is 5.75 Å². The molecule has 0 bridgehead atoms. The lowest BCUT2D eigenvalue weighted by molar-refractivity contribution is -0.121. The summed E-state index contributed by atoms with van der Waals surface area (Å²) in [5.41, 5.74) is 6.33. The first-order chi connectivity index (χ1) is 13.9. The van der Waals surface area contributed by atoms with Crippen molar-refractivity contribution in [3.05, 3.63) is 46.8 Å². The summed E-state index contributed by atoms with van der Waals surface area (Å²) >= 11 is 1.27. The Morgan fingerprint density at radius 3 is 2.41 bits per heavy atom. The number of thiophene rings is 1. The van der Waals surface area contributed by atoms with Crippen molar-refractivity contribution in [1.29, 1.82) is 0 Å². The van der Waals surface area contributed by atoms with Gasteiger partial charge >= 0.3 is 0 Å². The van der Waals surface area contributed by atoms with E-state index in [0.29, 0.717) is 42.1 Å². The van der Waals surface area contributed by atoms with Gasteiger partial charge in [0.15, 0.2) is 5.78 Å². The zero-order valence-electron chi connectivity index (χ0n) is 16.5. The number of hydrogen-bond donors (Lipinski definition) is 2. The molecule has 29 heavy (non-hydrogen) atoms. The van der Waals surface area contributed by atoms with E-state index in [0.717, 1.165) is 5.75 Å². The molecular formula is C21H25N3O4S. The first kappa shape index (κ1) is 21.0. The highest BCUT2D eigenvalue weighted by molar-refractivity contribution is 7.14. The topological polar surface area (TPSA) is 102 Å². The minimum atomic E-state index is -0.563. The lowest BCUT2D eigenvalue weighted by atomic mass is 9.88. The number of anilines is 1. The number of methoxy groups -OCH3 is 1. The number of hydrogen-bond acceptors (Lipinski definition) is 6. The van der Waals surface area contributed by atoms with Crippen LogP contribution in [0.15, 0.2) is 35.7 Å². The number of nitrogens with two attached hydrogens (primary N) is 1. The molecule has 2 amide bonds. The predicted molar refractivity (Wildman–Crippen MR) is 113 cm³/mol. The number of carbonyl (C=O) groups excluding carboxylic acids is 3. The maximum atomic E-state index is 12.7. The van der Waals surface area contributed by atoms with E-state index < -0.39 is 5.91 Å². The Bertz CT molecular complexity index is 886. The van der Waals surface area contributed by atoms with E-state index in [4.69, 9.17) is 10.5 Å². The molecule has 7 nitrogen and oxygen atoms in total. The van der Waals surface area contributed by atoms with E-state index in [1.807, 2.05) is 6.92 Å². The summed E-state index contributed by atoms with van der Waals surface area (Å²) in [5, 5.41) is 4.99. The quantitative estimate of drug-likeness (QED) is 0.677. The van der Waals surface area contributed by atoms with E-state index in [1.54, 1.807) is 42.8 Å². The molecule has 3 N–H and O–H groups in total. The van der Waals surface area contributed by atoms with Crippen LogP contribution < -0.4 is 15.8 Å². The number of primary amides is 1. The van der Waals surface area contributed by atoms with Crippen molar-refractivity contribution in [3.8, 4) is 5.75 Å². The third kappa shape index (κ3) is 4.83. The zero-order chi connectivity index (χ0) is 21.0. The van der Waals surface area contributed by atoms with Crippen molar-refractivity contribution in [3.63, 3.8) is 0 Å². The second-order valence-corrected chi connectivity index (χ2v) is 8.01. The summed E-state index contributed by atoms with van der Waals surface area (Å²) in [6, 6.07) is 8.40. The van der Waals surface area contributed by atoms with Gasteiger partial charge in [-0.15, -0.1) is 11.3 Å². The fourth-order valence-electron chi connectivity index (χ4n) is 3.52. The van der Waals surface area contributed by atoms with Crippen LogP contribution in [-0.2, 0) is 4.79 Å². The second-order valence-electron chi connectivity index (χ2n) is 7.10. The van der Waals surface area contributed by atoms with Crippen LogP contribution in [0.3, 0.4) is 0 Å². The normalized spacial score (nSPS) is 16.2. The standard InChI is InChI=1S/C21H25N3O4S/c1-13(20(27)23-21-17(19(22)26)9-12-29-21)24-10-7-15(8-11-24)18(25)14-3-5-16(28-2)6-4-14/h3-6,9,12-13,15H,7-8,10-11H2,1-2H3,(H2,22,26)(H,23,27). The maximum absolute atomic E-state index is 12.7. The molecule has 0 spiro atoms. The van der Waals surface area contributed by atoms with Crippen LogP contribution in [0, 0.1) is 5.92 Å². The molecule has 1 aliphatic heterocycles. The Morgan fingerprint density at radius 1 is 1.17 bits per heavy atom. The van der Waals surface area contributed by atoms with Crippen LogP contribution in [0.25, 0.3) is 0 Å². The average molecular weight is 416 g/mol. The first-order valence-corrected chi connectivity index (χ1v) is 10.4. The molecule has 0 saturated carbocycles. The molecule has 2 heterocycles. The molecule has 1 saturated heterocycles. The molecule has 8 heteroatoms. The molecule has 2 aromatic rings. The Labute approximate surface area is 173 Å². The molecule has 1 atom stereocenters. The van der Waals surface area contributed by atoms with E-state index in [1.165, 1.54) is 11.3 Å². The van der Waals surface area contributed by atoms with Gasteiger partial charge < -0.3 is 15.8 Å². The van der Waals surface area contributed by atoms with Crippen LogP contribution in [-0.4, -0.2) is 48.7 Å². The monoisotopic (exact) mass is 415 g/mol. The van der Waals surface area contributed by atoms with Gasteiger partial charge in [-0.05, 0) is 68.6 Å². The van der Waals surface area contributed by atoms with Crippen LogP contribution >= 0.6 is 11.3 Å². The minimum Gasteiger partial charge on any atom is -0.497 e. The molecule has 0 radical (unpaired) electrons. The smallest absolute Gasteiger partial charge is 0.251 e. The predicted octanol–water partition coefficient (Wildman–Crippen LogP) is 2.78. The summed E-state index contributed by atoms with van der Waals surface area (Å²) < 4.78 is 5.13. The number of ether oxygens (including phenoxy) is 1. The molecule has 154 valence electrons. The van der Waals surface area contributed by atoms with E-state index in [-0.39, 0.29) is 23.7 Å². The molecule has 1 aliphatic rings. The highest BCUT2D eigenvalue weighted by Crippen LogP contribution is 2.26. The van der Waals surface area contributed by atoms with Gasteiger partial charge in [-0.25, -0.2) is 0 Å². The zero-order valence-corrected chi connectivity index (χ0v) is 17.3. The Morgan fingerprint density at radius 2 is 1.83 bits per heavy atom. The van der Waals surface area contributed by atoms with Crippen molar-refractivity contribution >= 4 is 33.9 Å². The van der Waals surface area contributed by atoms with Crippen molar-refractivity contribution < 1.29 is 19.1 Å². The Hall–Kier alpha value is -2.71. The van der Waals surface area contributed by atoms with Gasteiger partial charge in [-0.1, -0.05) is 0 Å². The number of Topliss-reactive ketones (excluding diaryl/α,β-unsaturated/α-hetero) is 1. The van der Waals surface area contributed by atoms with Crippen molar-refractivity contribution in [2.45, 2.75) is 25.8 Å². The fraction of sp³-hybridized carbons (Fsp3) is 0.381. The number of ketones is 1. The van der Waals surface area contributed by atoms with Crippen LogP contribution in [0.1, 0.15) is 40.5 Å². The Kier molecular flexibility index (Phi) is 6.66. The van der Waals surface area contributed by atoms with Crippen molar-refractivity contribution in [1.82, 2.24) is 4.90 Å². The molecule has 1 aromatic heterocycles. The SMILES string of the molecule is COc1ccc(C(=O)C2CCN(C(C)C(=O)Nc3sccc3C(N)=O)CC2)cc1. The van der Waals surface area contributed by atoms with E-state index in [2.05, 4.69) is 10.2 Å². The number of nitrogens with one attached hydrogen (secondary N) is 1. The van der Waals surface area contributed by atoms with E-state index in [9.17, 15) is 14.4 Å². The highest BCUT2D eigenvalue weighted by atomic mass is 32.1. The third-order valence-electron chi connectivity index (χ3n) is 5.37. The molecule has 1 fully saturated rings. The molecule has 1 aromatic carbocycles. The summed E-state index contributed by atoms with van der Waals surface area (Å²) in [4.78, 5) is 38.8. The molecule has 3 rings (SSSR count). The molecule has 0 aliphatic carbocycles. The number of amides is 2. The summed E-state index contributed by atoms with van der Waals surface area (Å²) in [7, 11) is 1.59. The number of likely N-dealkylation sites (tertiary alicyclic amines) is 1. The number of rotatable bonds is 7. The number of piperidine rings is 1. The second kappa shape index (κ2) is 9.19. The van der Waals surface area contributed by atoms with Crippen molar-refractivity contribution in [2.24, 2.45) is 11.7 Å². The number of benzene rings is 1. The van der Waals surface area contributed by atoms with Gasteiger partial charge in [0.05, 0.1) is 18.7 Å². The summed E-state index contributed by atoms with van der Waals surface area (Å²) in [6.07, 6.45) is 1.40. The summed E-state index contributed by atoms with van der Waals surface area (Å²) in [5.74, 6) is 0.0612. The number of nitrogens with zero attached hydrogens (tertiary/aromatic N) is 1. The number of carbonyl (C=O) groups is 3. The third-order valence-corrected chi connectivity index (χ3v) is 6.20. The minimum absolute atomic E-state index is 0.0475. The van der Waals surface area contributed by atoms with Crippen molar-refractivity contribution in [2.75, 3.05) is 25.5 Å². The molecular weight excluding hydrogens is 390 g/mol. The fourth-order valence-corrected chi connectivity index (χ4v) is 4.32. The van der Waals surface area contributed by atoms with Gasteiger partial charge in [0.1, 0.15) is 10.8 Å². The maximum Gasteiger partial charge on any atom is 0.251 e. The van der Waals surface area contributed by atoms with Gasteiger partial charge in [0, 0.05) is 11.5 Å². The van der Waals surface area contributed by atoms with Gasteiger partial charge in [-0.2, -0.15) is 0 Å². The van der Waals surface area contributed by atoms with Gasteiger partial charge in [0.2, 0.25) is 5.91 Å². The lowest BCUT2D eigenvalue weighted by Gasteiger charge is -2.34. The van der Waals surface area contributed by atoms with E-state index >= 15 is 0 Å². The largest absolute Gasteiger partial charge is 0.497 e. The summed E-state index contributed by atoms with van der Waals surface area (Å²) in [6.45, 7) is 3.15.